The molecule has 0 bridgehead atoms. The van der Waals surface area contributed by atoms with Crippen LogP contribution in [0.1, 0.15) is 25.7 Å². The summed E-state index contributed by atoms with van der Waals surface area (Å²) in [5.74, 6) is -1.42. The number of rotatable bonds is 3. The second-order valence-corrected chi connectivity index (χ2v) is 6.78. The highest BCUT2D eigenvalue weighted by atomic mass is 35.5. The fraction of sp³-hybridized carbons (Fsp3) is 0.438. The molecular formula is C16H16Cl2N2O3. The summed E-state index contributed by atoms with van der Waals surface area (Å²) in [6.45, 7) is -0.284. The topological polar surface area (TPSA) is 66.5 Å². The smallest absolute Gasteiger partial charge is 0.244 e. The van der Waals surface area contributed by atoms with Gasteiger partial charge in [0.2, 0.25) is 17.7 Å². The van der Waals surface area contributed by atoms with Gasteiger partial charge in [-0.15, -0.1) is 0 Å². The van der Waals surface area contributed by atoms with Crippen LogP contribution in [-0.4, -0.2) is 29.2 Å². The van der Waals surface area contributed by atoms with Gasteiger partial charge in [-0.05, 0) is 31.0 Å². The highest BCUT2D eigenvalue weighted by Gasteiger charge is 2.48. The molecule has 5 nitrogen and oxygen atoms in total. The van der Waals surface area contributed by atoms with E-state index in [1.54, 1.807) is 12.1 Å². The number of hydrogen-bond acceptors (Lipinski definition) is 3. The molecular weight excluding hydrogens is 339 g/mol. The largest absolute Gasteiger partial charge is 0.323 e. The van der Waals surface area contributed by atoms with Crippen molar-refractivity contribution in [3.05, 3.63) is 28.2 Å². The monoisotopic (exact) mass is 354 g/mol. The van der Waals surface area contributed by atoms with Gasteiger partial charge < -0.3 is 5.32 Å². The zero-order valence-corrected chi connectivity index (χ0v) is 13.9. The van der Waals surface area contributed by atoms with Crippen LogP contribution < -0.4 is 5.32 Å². The molecule has 1 aromatic rings. The summed E-state index contributed by atoms with van der Waals surface area (Å²) in [5.41, 5.74) is 0.362. The van der Waals surface area contributed by atoms with Crippen molar-refractivity contribution in [3.63, 3.8) is 0 Å². The summed E-state index contributed by atoms with van der Waals surface area (Å²) in [6, 6.07) is 4.70. The Bertz CT molecular complexity index is 653. The van der Waals surface area contributed by atoms with Crippen molar-refractivity contribution in [2.24, 2.45) is 11.8 Å². The first-order chi connectivity index (χ1) is 11.0. The average Bonchev–Trinajstić information content (AvgIpc) is 2.76. The minimum Gasteiger partial charge on any atom is -0.323 e. The van der Waals surface area contributed by atoms with E-state index in [4.69, 9.17) is 23.2 Å². The normalized spacial score (nSPS) is 23.8. The molecule has 1 N–H and O–H groups in total. The lowest BCUT2D eigenvalue weighted by molar-refractivity contribution is -0.142. The maximum Gasteiger partial charge on any atom is 0.244 e. The third-order valence-electron chi connectivity index (χ3n) is 4.44. The fourth-order valence-corrected chi connectivity index (χ4v) is 3.65. The summed E-state index contributed by atoms with van der Waals surface area (Å²) < 4.78 is 0. The van der Waals surface area contributed by atoms with Crippen LogP contribution >= 0.6 is 23.2 Å². The number of benzene rings is 1. The van der Waals surface area contributed by atoms with E-state index in [1.807, 2.05) is 0 Å². The number of amides is 3. The standard InChI is InChI=1S/C16H16Cl2N2O3/c17-9-5-6-12(18)13(7-9)19-14(21)8-20-15(22)10-3-1-2-4-11(10)16(20)23/h5-7,10-11H,1-4,8H2,(H,19,21). The Kier molecular flexibility index (Phi) is 4.60. The Morgan fingerprint density at radius 2 is 1.74 bits per heavy atom. The van der Waals surface area contributed by atoms with Crippen molar-refractivity contribution in [3.8, 4) is 0 Å². The number of likely N-dealkylation sites (tertiary alicyclic amines) is 1. The molecule has 7 heteroatoms. The summed E-state index contributed by atoms with van der Waals surface area (Å²) in [6.07, 6.45) is 3.37. The summed E-state index contributed by atoms with van der Waals surface area (Å²) in [5, 5.41) is 3.38. The molecule has 2 fully saturated rings. The molecule has 2 unspecified atom stereocenters. The third kappa shape index (κ3) is 3.21. The van der Waals surface area contributed by atoms with Crippen molar-refractivity contribution >= 4 is 46.6 Å². The van der Waals surface area contributed by atoms with Crippen LogP contribution in [0.2, 0.25) is 10.0 Å². The van der Waals surface area contributed by atoms with E-state index in [-0.39, 0.29) is 30.2 Å². The van der Waals surface area contributed by atoms with Crippen molar-refractivity contribution in [2.45, 2.75) is 25.7 Å². The lowest BCUT2D eigenvalue weighted by Crippen LogP contribution is -2.38. The summed E-state index contributed by atoms with van der Waals surface area (Å²) in [7, 11) is 0. The van der Waals surface area contributed by atoms with Gasteiger partial charge in [-0.25, -0.2) is 0 Å². The Morgan fingerprint density at radius 1 is 1.13 bits per heavy atom. The Hall–Kier alpha value is -1.59. The summed E-state index contributed by atoms with van der Waals surface area (Å²) in [4.78, 5) is 37.9. The highest BCUT2D eigenvalue weighted by Crippen LogP contribution is 2.37. The van der Waals surface area contributed by atoms with E-state index < -0.39 is 5.91 Å². The average molecular weight is 355 g/mol. The number of fused-ring (bicyclic) bond motifs is 1. The quantitative estimate of drug-likeness (QED) is 0.848. The molecule has 122 valence electrons. The lowest BCUT2D eigenvalue weighted by Gasteiger charge is -2.19. The molecule has 0 spiro atoms. The number of carbonyl (C=O) groups excluding carboxylic acids is 3. The van der Waals surface area contributed by atoms with Crippen LogP contribution in [0.4, 0.5) is 5.69 Å². The van der Waals surface area contributed by atoms with Crippen molar-refractivity contribution in [1.29, 1.82) is 0 Å². The number of anilines is 1. The molecule has 23 heavy (non-hydrogen) atoms. The van der Waals surface area contributed by atoms with Gasteiger partial charge >= 0.3 is 0 Å². The second kappa shape index (κ2) is 6.49. The Morgan fingerprint density at radius 3 is 2.35 bits per heavy atom. The van der Waals surface area contributed by atoms with E-state index in [9.17, 15) is 14.4 Å². The minimum absolute atomic E-state index is 0.230. The molecule has 3 amide bonds. The van der Waals surface area contributed by atoms with Gasteiger partial charge in [0, 0.05) is 5.02 Å². The molecule has 2 atom stereocenters. The van der Waals surface area contributed by atoms with E-state index in [2.05, 4.69) is 5.32 Å². The van der Waals surface area contributed by atoms with Crippen LogP contribution in [0.15, 0.2) is 18.2 Å². The van der Waals surface area contributed by atoms with E-state index in [0.29, 0.717) is 15.7 Å². The molecule has 1 saturated carbocycles. The number of carbonyl (C=O) groups is 3. The summed E-state index contributed by atoms with van der Waals surface area (Å²) >= 11 is 11.9. The first-order valence-corrected chi connectivity index (χ1v) is 8.33. The molecule has 0 aromatic heterocycles. The molecule has 1 aromatic carbocycles. The molecule has 3 rings (SSSR count). The van der Waals surface area contributed by atoms with Crippen molar-refractivity contribution < 1.29 is 14.4 Å². The zero-order valence-electron chi connectivity index (χ0n) is 12.4. The van der Waals surface area contributed by atoms with Crippen LogP contribution in [0.5, 0.6) is 0 Å². The van der Waals surface area contributed by atoms with Crippen LogP contribution in [0, 0.1) is 11.8 Å². The zero-order chi connectivity index (χ0) is 16.6. The van der Waals surface area contributed by atoms with Crippen LogP contribution in [0.3, 0.4) is 0 Å². The van der Waals surface area contributed by atoms with E-state index >= 15 is 0 Å². The fourth-order valence-electron chi connectivity index (χ4n) is 3.31. The Labute approximate surface area is 143 Å². The molecule has 2 aliphatic rings. The first kappa shape index (κ1) is 16.3. The number of hydrogen-bond donors (Lipinski definition) is 1. The molecule has 0 radical (unpaired) electrons. The minimum atomic E-state index is -0.463. The van der Waals surface area contributed by atoms with Crippen LogP contribution in [-0.2, 0) is 14.4 Å². The van der Waals surface area contributed by atoms with Crippen molar-refractivity contribution in [2.75, 3.05) is 11.9 Å². The van der Waals surface area contributed by atoms with Gasteiger partial charge in [-0.1, -0.05) is 36.0 Å². The number of nitrogens with one attached hydrogen (secondary N) is 1. The van der Waals surface area contributed by atoms with E-state index in [0.717, 1.165) is 30.6 Å². The third-order valence-corrected chi connectivity index (χ3v) is 5.00. The highest BCUT2D eigenvalue weighted by molar-refractivity contribution is 6.35. The van der Waals surface area contributed by atoms with Crippen LogP contribution in [0.25, 0.3) is 0 Å². The molecule has 1 saturated heterocycles. The SMILES string of the molecule is O=C(CN1C(=O)C2CCCCC2C1=O)Nc1cc(Cl)ccc1Cl. The second-order valence-electron chi connectivity index (χ2n) is 5.93. The number of nitrogens with zero attached hydrogens (tertiary/aromatic N) is 1. The predicted molar refractivity (Wildman–Crippen MR) is 87.3 cm³/mol. The lowest BCUT2D eigenvalue weighted by atomic mass is 9.81. The Balaban J connectivity index is 1.69. The maximum absolute atomic E-state index is 12.3. The molecule has 1 aliphatic carbocycles. The predicted octanol–water partition coefficient (Wildman–Crippen LogP) is 3.11. The first-order valence-electron chi connectivity index (χ1n) is 7.57. The van der Waals surface area contributed by atoms with Gasteiger partial charge in [-0.3, -0.25) is 19.3 Å². The van der Waals surface area contributed by atoms with Crippen molar-refractivity contribution in [1.82, 2.24) is 4.90 Å². The van der Waals surface area contributed by atoms with Gasteiger partial charge in [0.05, 0.1) is 22.5 Å². The number of halogens is 2. The van der Waals surface area contributed by atoms with E-state index in [1.165, 1.54) is 6.07 Å². The van der Waals surface area contributed by atoms with Gasteiger partial charge in [0.25, 0.3) is 0 Å². The molecule has 1 heterocycles. The molecule has 1 aliphatic heterocycles. The van der Waals surface area contributed by atoms with Gasteiger partial charge in [-0.2, -0.15) is 0 Å². The van der Waals surface area contributed by atoms with Gasteiger partial charge in [0.15, 0.2) is 0 Å². The maximum atomic E-state index is 12.3. The number of imide groups is 1. The van der Waals surface area contributed by atoms with Gasteiger partial charge in [0.1, 0.15) is 6.54 Å².